The van der Waals surface area contributed by atoms with E-state index < -0.39 is 11.6 Å². The van der Waals surface area contributed by atoms with Crippen LogP contribution in [-0.4, -0.2) is 29.0 Å². The largest absolute Gasteiger partial charge is 0.459 e. The van der Waals surface area contributed by atoms with Crippen LogP contribution in [0.1, 0.15) is 36.8 Å². The summed E-state index contributed by atoms with van der Waals surface area (Å²) in [5, 5.41) is 6.55. The molecule has 0 aromatic carbocycles. The molecule has 0 aliphatic carbocycles. The number of hydrogen-bond donors (Lipinski definition) is 1. The molecule has 1 amide bonds. The van der Waals surface area contributed by atoms with Gasteiger partial charge in [0.2, 0.25) is 0 Å². The molecule has 2 aromatic heterocycles. The SMILES string of the molecule is Cc1nc(-c2ccsc2)ccc1C(=O)NCC(=O)OC(C)(C)C. The van der Waals surface area contributed by atoms with Gasteiger partial charge in [-0.15, -0.1) is 0 Å². The molecular weight excluding hydrogens is 312 g/mol. The molecule has 0 radical (unpaired) electrons. The Morgan fingerprint density at radius 2 is 2.00 bits per heavy atom. The van der Waals surface area contributed by atoms with Crippen molar-refractivity contribution in [3.63, 3.8) is 0 Å². The maximum Gasteiger partial charge on any atom is 0.325 e. The molecule has 0 saturated heterocycles. The van der Waals surface area contributed by atoms with Crippen LogP contribution < -0.4 is 5.32 Å². The summed E-state index contributed by atoms with van der Waals surface area (Å²) in [5.74, 6) is -0.802. The minimum Gasteiger partial charge on any atom is -0.459 e. The highest BCUT2D eigenvalue weighted by atomic mass is 32.1. The first-order valence-electron chi connectivity index (χ1n) is 7.26. The van der Waals surface area contributed by atoms with Gasteiger partial charge in [0.1, 0.15) is 12.1 Å². The molecule has 0 saturated carbocycles. The van der Waals surface area contributed by atoms with Gasteiger partial charge in [-0.1, -0.05) is 0 Å². The molecule has 2 rings (SSSR count). The Labute approximate surface area is 139 Å². The van der Waals surface area contributed by atoms with Crippen LogP contribution in [0.15, 0.2) is 29.0 Å². The summed E-state index contributed by atoms with van der Waals surface area (Å²) >= 11 is 1.60. The molecule has 6 heteroatoms. The van der Waals surface area contributed by atoms with Crippen LogP contribution in [0, 0.1) is 6.92 Å². The van der Waals surface area contributed by atoms with Gasteiger partial charge in [0.05, 0.1) is 17.0 Å². The Kier molecular flexibility index (Phi) is 5.15. The van der Waals surface area contributed by atoms with Crippen LogP contribution in [0.25, 0.3) is 11.3 Å². The standard InChI is InChI=1S/C17H20N2O3S/c1-11-13(5-6-14(19-11)12-7-8-23-10-12)16(21)18-9-15(20)22-17(2,3)4/h5-8,10H,9H2,1-4H3,(H,18,21). The van der Waals surface area contributed by atoms with Gasteiger partial charge >= 0.3 is 5.97 Å². The molecule has 0 aliphatic heterocycles. The zero-order valence-electron chi connectivity index (χ0n) is 13.7. The fourth-order valence-electron chi connectivity index (χ4n) is 2.00. The van der Waals surface area contributed by atoms with E-state index in [9.17, 15) is 9.59 Å². The van der Waals surface area contributed by atoms with Gasteiger partial charge in [0, 0.05) is 10.9 Å². The first-order chi connectivity index (χ1) is 10.8. The average Bonchev–Trinajstić information content (AvgIpc) is 2.97. The predicted octanol–water partition coefficient (Wildman–Crippen LogP) is 3.19. The van der Waals surface area contributed by atoms with Crippen LogP contribution >= 0.6 is 11.3 Å². The van der Waals surface area contributed by atoms with Gasteiger partial charge in [-0.25, -0.2) is 0 Å². The Morgan fingerprint density at radius 1 is 1.26 bits per heavy atom. The van der Waals surface area contributed by atoms with Crippen molar-refractivity contribution in [2.75, 3.05) is 6.54 Å². The molecular formula is C17H20N2O3S. The van der Waals surface area contributed by atoms with Crippen molar-refractivity contribution in [3.8, 4) is 11.3 Å². The van der Waals surface area contributed by atoms with Crippen molar-refractivity contribution in [2.24, 2.45) is 0 Å². The van der Waals surface area contributed by atoms with Crippen molar-refractivity contribution in [1.82, 2.24) is 10.3 Å². The predicted molar refractivity (Wildman–Crippen MR) is 90.5 cm³/mol. The topological polar surface area (TPSA) is 68.3 Å². The number of hydrogen-bond acceptors (Lipinski definition) is 5. The molecule has 0 aliphatic rings. The van der Waals surface area contributed by atoms with Crippen molar-refractivity contribution >= 4 is 23.2 Å². The summed E-state index contributed by atoms with van der Waals surface area (Å²) in [7, 11) is 0. The number of carbonyl (C=O) groups excluding carboxylic acids is 2. The number of rotatable bonds is 4. The number of nitrogens with zero attached hydrogens (tertiary/aromatic N) is 1. The number of pyridine rings is 1. The van der Waals surface area contributed by atoms with Crippen LogP contribution in [0.5, 0.6) is 0 Å². The van der Waals surface area contributed by atoms with E-state index in [1.165, 1.54) is 0 Å². The third kappa shape index (κ3) is 4.89. The summed E-state index contributed by atoms with van der Waals surface area (Å²) in [6.45, 7) is 6.96. The number of ether oxygens (including phenoxy) is 1. The third-order valence-corrected chi connectivity index (χ3v) is 3.64. The number of carbonyl (C=O) groups is 2. The number of aromatic nitrogens is 1. The molecule has 1 N–H and O–H groups in total. The highest BCUT2D eigenvalue weighted by Crippen LogP contribution is 2.21. The number of nitrogens with one attached hydrogen (secondary N) is 1. The quantitative estimate of drug-likeness (QED) is 0.873. The first kappa shape index (κ1) is 17.1. The number of amides is 1. The summed E-state index contributed by atoms with van der Waals surface area (Å²) in [5.41, 5.74) is 2.36. The van der Waals surface area contributed by atoms with Crippen LogP contribution in [0.4, 0.5) is 0 Å². The zero-order chi connectivity index (χ0) is 17.0. The first-order valence-corrected chi connectivity index (χ1v) is 8.21. The smallest absolute Gasteiger partial charge is 0.325 e. The van der Waals surface area contributed by atoms with Crippen molar-refractivity contribution in [1.29, 1.82) is 0 Å². The molecule has 2 heterocycles. The van der Waals surface area contributed by atoms with Crippen molar-refractivity contribution in [2.45, 2.75) is 33.3 Å². The molecule has 122 valence electrons. The highest BCUT2D eigenvalue weighted by molar-refractivity contribution is 7.08. The number of aryl methyl sites for hydroxylation is 1. The second kappa shape index (κ2) is 6.91. The van der Waals surface area contributed by atoms with E-state index in [0.29, 0.717) is 11.3 Å². The zero-order valence-corrected chi connectivity index (χ0v) is 14.5. The molecule has 23 heavy (non-hydrogen) atoms. The summed E-state index contributed by atoms with van der Waals surface area (Å²) in [4.78, 5) is 28.3. The van der Waals surface area contributed by atoms with Gasteiger partial charge in [-0.3, -0.25) is 14.6 Å². The molecule has 2 aromatic rings. The average molecular weight is 332 g/mol. The molecule has 0 spiro atoms. The van der Waals surface area contributed by atoms with E-state index in [1.54, 1.807) is 51.2 Å². The van der Waals surface area contributed by atoms with Gasteiger partial charge < -0.3 is 10.1 Å². The normalized spacial score (nSPS) is 11.1. The number of thiophene rings is 1. The van der Waals surface area contributed by atoms with Crippen LogP contribution in [0.3, 0.4) is 0 Å². The van der Waals surface area contributed by atoms with Gasteiger partial charge in [-0.2, -0.15) is 11.3 Å². The van der Waals surface area contributed by atoms with Crippen LogP contribution in [0.2, 0.25) is 0 Å². The Bertz CT molecular complexity index is 703. The maximum absolute atomic E-state index is 12.2. The molecule has 0 fully saturated rings. The lowest BCUT2D eigenvalue weighted by molar-refractivity contribution is -0.153. The van der Waals surface area contributed by atoms with E-state index in [-0.39, 0.29) is 12.5 Å². The monoisotopic (exact) mass is 332 g/mol. The van der Waals surface area contributed by atoms with E-state index in [0.717, 1.165) is 11.3 Å². The van der Waals surface area contributed by atoms with E-state index >= 15 is 0 Å². The second-order valence-electron chi connectivity index (χ2n) is 6.11. The Balaban J connectivity index is 2.01. The lowest BCUT2D eigenvalue weighted by Crippen LogP contribution is -2.35. The lowest BCUT2D eigenvalue weighted by Gasteiger charge is -2.19. The van der Waals surface area contributed by atoms with Crippen molar-refractivity contribution in [3.05, 3.63) is 40.2 Å². The third-order valence-electron chi connectivity index (χ3n) is 2.96. The second-order valence-corrected chi connectivity index (χ2v) is 6.89. The van der Waals surface area contributed by atoms with Crippen molar-refractivity contribution < 1.29 is 14.3 Å². The summed E-state index contributed by atoms with van der Waals surface area (Å²) < 4.78 is 5.15. The molecule has 0 unspecified atom stereocenters. The number of esters is 1. The van der Waals surface area contributed by atoms with E-state index in [4.69, 9.17) is 4.74 Å². The van der Waals surface area contributed by atoms with E-state index in [2.05, 4.69) is 10.3 Å². The van der Waals surface area contributed by atoms with Gasteiger partial charge in [0.15, 0.2) is 0 Å². The maximum atomic E-state index is 12.2. The van der Waals surface area contributed by atoms with E-state index in [1.807, 2.05) is 16.8 Å². The summed E-state index contributed by atoms with van der Waals surface area (Å²) in [6.07, 6.45) is 0. The minimum absolute atomic E-state index is 0.165. The fourth-order valence-corrected chi connectivity index (χ4v) is 2.65. The minimum atomic E-state index is -0.568. The molecule has 0 bridgehead atoms. The van der Waals surface area contributed by atoms with Gasteiger partial charge in [0.25, 0.3) is 5.91 Å². The molecule has 5 nitrogen and oxygen atoms in total. The van der Waals surface area contributed by atoms with Crippen LogP contribution in [-0.2, 0) is 9.53 Å². The Morgan fingerprint density at radius 3 is 2.57 bits per heavy atom. The Hall–Kier alpha value is -2.21. The highest BCUT2D eigenvalue weighted by Gasteiger charge is 2.18. The molecule has 0 atom stereocenters. The summed E-state index contributed by atoms with van der Waals surface area (Å²) in [6, 6.07) is 5.51. The lowest BCUT2D eigenvalue weighted by atomic mass is 10.1. The fraction of sp³-hybridized carbons (Fsp3) is 0.353. The van der Waals surface area contributed by atoms with Gasteiger partial charge in [-0.05, 0) is 51.3 Å².